The van der Waals surface area contributed by atoms with Crippen molar-refractivity contribution in [1.29, 1.82) is 0 Å². The Balaban J connectivity index is 1.57. The predicted molar refractivity (Wildman–Crippen MR) is 90.4 cm³/mol. The summed E-state index contributed by atoms with van der Waals surface area (Å²) in [5.41, 5.74) is 0.956. The van der Waals surface area contributed by atoms with Gasteiger partial charge in [-0.15, -0.1) is 0 Å². The Bertz CT molecular complexity index is 612. The van der Waals surface area contributed by atoms with Crippen molar-refractivity contribution in [3.05, 3.63) is 36.7 Å². The Morgan fingerprint density at radius 3 is 2.78 bits per heavy atom. The van der Waals surface area contributed by atoms with Crippen molar-refractivity contribution in [3.8, 4) is 5.75 Å². The van der Waals surface area contributed by atoms with Gasteiger partial charge in [-0.2, -0.15) is 0 Å². The maximum atomic E-state index is 5.60. The summed E-state index contributed by atoms with van der Waals surface area (Å²) < 4.78 is 11.0. The summed E-state index contributed by atoms with van der Waals surface area (Å²) >= 11 is 0. The Kier molecular flexibility index (Phi) is 5.26. The third kappa shape index (κ3) is 4.56. The van der Waals surface area contributed by atoms with Crippen LogP contribution in [-0.4, -0.2) is 35.8 Å². The van der Waals surface area contributed by atoms with Gasteiger partial charge in [-0.1, -0.05) is 0 Å². The summed E-state index contributed by atoms with van der Waals surface area (Å²) in [6.07, 6.45) is 4.08. The van der Waals surface area contributed by atoms with Crippen LogP contribution in [0.25, 0.3) is 0 Å². The molecule has 0 radical (unpaired) electrons. The van der Waals surface area contributed by atoms with Gasteiger partial charge >= 0.3 is 0 Å². The predicted octanol–water partition coefficient (Wildman–Crippen LogP) is 3.21. The molecule has 122 valence electrons. The van der Waals surface area contributed by atoms with Gasteiger partial charge in [-0.05, 0) is 44.0 Å². The van der Waals surface area contributed by atoms with Crippen LogP contribution >= 0.6 is 0 Å². The lowest BCUT2D eigenvalue weighted by Crippen LogP contribution is -2.19. The first-order valence-corrected chi connectivity index (χ1v) is 8.01. The number of anilines is 3. The number of ether oxygens (including phenoxy) is 2. The molecule has 1 atom stereocenters. The molecule has 1 unspecified atom stereocenters. The monoisotopic (exact) mass is 314 g/mol. The van der Waals surface area contributed by atoms with E-state index in [1.807, 2.05) is 37.3 Å². The molecule has 2 heterocycles. The number of hydrogen-bond acceptors (Lipinski definition) is 6. The summed E-state index contributed by atoms with van der Waals surface area (Å²) in [6, 6.07) is 9.69. The molecule has 6 heteroatoms. The van der Waals surface area contributed by atoms with Crippen LogP contribution < -0.4 is 15.4 Å². The third-order valence-electron chi connectivity index (χ3n) is 3.64. The van der Waals surface area contributed by atoms with Gasteiger partial charge in [-0.3, -0.25) is 0 Å². The van der Waals surface area contributed by atoms with Crippen LogP contribution in [0.4, 0.5) is 17.3 Å². The van der Waals surface area contributed by atoms with E-state index in [0.29, 0.717) is 6.61 Å². The second-order valence-corrected chi connectivity index (χ2v) is 5.39. The van der Waals surface area contributed by atoms with Gasteiger partial charge in [0.2, 0.25) is 0 Å². The Hall–Kier alpha value is -2.34. The molecule has 1 saturated heterocycles. The summed E-state index contributed by atoms with van der Waals surface area (Å²) in [7, 11) is 0. The average Bonchev–Trinajstić information content (AvgIpc) is 3.09. The number of aromatic nitrogens is 2. The third-order valence-corrected chi connectivity index (χ3v) is 3.64. The fraction of sp³-hybridized carbons (Fsp3) is 0.412. The molecule has 1 aromatic heterocycles. The van der Waals surface area contributed by atoms with Crippen LogP contribution in [0.5, 0.6) is 5.75 Å². The van der Waals surface area contributed by atoms with Crippen molar-refractivity contribution >= 4 is 17.3 Å². The number of nitrogens with one attached hydrogen (secondary N) is 2. The normalized spacial score (nSPS) is 17.0. The second kappa shape index (κ2) is 7.78. The Labute approximate surface area is 136 Å². The highest BCUT2D eigenvalue weighted by atomic mass is 16.5. The van der Waals surface area contributed by atoms with Crippen molar-refractivity contribution in [2.45, 2.75) is 25.9 Å². The van der Waals surface area contributed by atoms with E-state index in [2.05, 4.69) is 20.6 Å². The molecule has 0 amide bonds. The standard InChI is InChI=1S/C17H22N4O2/c1-2-22-14-7-5-13(6-8-14)21-17-10-16(19-12-20-17)18-11-15-4-3-9-23-15/h5-8,10,12,15H,2-4,9,11H2,1H3,(H2,18,19,20,21). The topological polar surface area (TPSA) is 68.3 Å². The number of benzene rings is 1. The molecule has 6 nitrogen and oxygen atoms in total. The van der Waals surface area contributed by atoms with E-state index < -0.39 is 0 Å². The Morgan fingerprint density at radius 1 is 1.22 bits per heavy atom. The molecule has 2 aromatic rings. The van der Waals surface area contributed by atoms with Gasteiger partial charge in [0, 0.05) is 24.9 Å². The highest BCUT2D eigenvalue weighted by molar-refractivity contribution is 5.59. The van der Waals surface area contributed by atoms with Crippen molar-refractivity contribution in [1.82, 2.24) is 9.97 Å². The van der Waals surface area contributed by atoms with E-state index in [9.17, 15) is 0 Å². The van der Waals surface area contributed by atoms with E-state index >= 15 is 0 Å². The molecule has 1 aliphatic rings. The summed E-state index contributed by atoms with van der Waals surface area (Å²) in [5.74, 6) is 2.41. The summed E-state index contributed by atoms with van der Waals surface area (Å²) in [4.78, 5) is 8.49. The van der Waals surface area contributed by atoms with Crippen LogP contribution in [-0.2, 0) is 4.74 Å². The lowest BCUT2D eigenvalue weighted by molar-refractivity contribution is 0.120. The Morgan fingerprint density at radius 2 is 2.04 bits per heavy atom. The van der Waals surface area contributed by atoms with E-state index in [1.165, 1.54) is 0 Å². The van der Waals surface area contributed by atoms with Crippen molar-refractivity contribution in [2.24, 2.45) is 0 Å². The number of nitrogens with zero attached hydrogens (tertiary/aromatic N) is 2. The zero-order valence-electron chi connectivity index (χ0n) is 13.3. The molecule has 23 heavy (non-hydrogen) atoms. The second-order valence-electron chi connectivity index (χ2n) is 5.39. The summed E-state index contributed by atoms with van der Waals surface area (Å²) in [5, 5.41) is 6.57. The summed E-state index contributed by atoms with van der Waals surface area (Å²) in [6.45, 7) is 4.27. The minimum atomic E-state index is 0.285. The molecule has 0 bridgehead atoms. The quantitative estimate of drug-likeness (QED) is 0.818. The van der Waals surface area contributed by atoms with Crippen LogP contribution in [0.15, 0.2) is 36.7 Å². The smallest absolute Gasteiger partial charge is 0.135 e. The van der Waals surface area contributed by atoms with Gasteiger partial charge in [0.05, 0.1) is 12.7 Å². The molecule has 2 N–H and O–H groups in total. The van der Waals surface area contributed by atoms with Crippen LogP contribution in [0.1, 0.15) is 19.8 Å². The van der Waals surface area contributed by atoms with E-state index in [4.69, 9.17) is 9.47 Å². The van der Waals surface area contributed by atoms with Crippen LogP contribution in [0.2, 0.25) is 0 Å². The molecule has 1 fully saturated rings. The fourth-order valence-electron chi connectivity index (χ4n) is 2.50. The van der Waals surface area contributed by atoms with E-state index in [-0.39, 0.29) is 6.10 Å². The van der Waals surface area contributed by atoms with Gasteiger partial charge in [0.15, 0.2) is 0 Å². The molecule has 1 aromatic carbocycles. The maximum absolute atomic E-state index is 5.60. The zero-order valence-corrected chi connectivity index (χ0v) is 13.3. The van der Waals surface area contributed by atoms with E-state index in [0.717, 1.165) is 49.1 Å². The highest BCUT2D eigenvalue weighted by Crippen LogP contribution is 2.20. The lowest BCUT2D eigenvalue weighted by atomic mass is 10.2. The maximum Gasteiger partial charge on any atom is 0.135 e. The van der Waals surface area contributed by atoms with Crippen molar-refractivity contribution in [2.75, 3.05) is 30.4 Å². The molecule has 1 aliphatic heterocycles. The lowest BCUT2D eigenvalue weighted by Gasteiger charge is -2.12. The van der Waals surface area contributed by atoms with Gasteiger partial charge < -0.3 is 20.1 Å². The van der Waals surface area contributed by atoms with Gasteiger partial charge in [0.1, 0.15) is 23.7 Å². The molecule has 0 saturated carbocycles. The number of hydrogen-bond donors (Lipinski definition) is 2. The largest absolute Gasteiger partial charge is 0.494 e. The van der Waals surface area contributed by atoms with Gasteiger partial charge in [-0.25, -0.2) is 9.97 Å². The minimum Gasteiger partial charge on any atom is -0.494 e. The molecular weight excluding hydrogens is 292 g/mol. The molecular formula is C17H22N4O2. The molecule has 0 aliphatic carbocycles. The zero-order chi connectivity index (χ0) is 15.9. The van der Waals surface area contributed by atoms with Crippen LogP contribution in [0.3, 0.4) is 0 Å². The van der Waals surface area contributed by atoms with E-state index in [1.54, 1.807) is 6.33 Å². The molecule has 0 spiro atoms. The van der Waals surface area contributed by atoms with Crippen molar-refractivity contribution in [3.63, 3.8) is 0 Å². The fourth-order valence-corrected chi connectivity index (χ4v) is 2.50. The SMILES string of the molecule is CCOc1ccc(Nc2cc(NCC3CCCO3)ncn2)cc1. The first-order chi connectivity index (χ1) is 11.3. The van der Waals surface area contributed by atoms with Crippen LogP contribution in [0, 0.1) is 0 Å². The van der Waals surface area contributed by atoms with Gasteiger partial charge in [0.25, 0.3) is 0 Å². The number of rotatable bonds is 7. The first kappa shape index (κ1) is 15.6. The molecule has 3 rings (SSSR count). The highest BCUT2D eigenvalue weighted by Gasteiger charge is 2.15. The average molecular weight is 314 g/mol. The minimum absolute atomic E-state index is 0.285. The first-order valence-electron chi connectivity index (χ1n) is 8.01. The van der Waals surface area contributed by atoms with Crippen molar-refractivity contribution < 1.29 is 9.47 Å².